The van der Waals surface area contributed by atoms with Gasteiger partial charge in [-0.05, 0) is 31.0 Å². The Morgan fingerprint density at radius 2 is 1.86 bits per heavy atom. The van der Waals surface area contributed by atoms with E-state index in [9.17, 15) is 9.59 Å². The molecule has 0 radical (unpaired) electrons. The smallest absolute Gasteiger partial charge is 0.410 e. The van der Waals surface area contributed by atoms with Crippen LogP contribution in [0.25, 0.3) is 22.1 Å². The fourth-order valence-corrected chi connectivity index (χ4v) is 5.53. The molecule has 4 aromatic rings. The Kier molecular flexibility index (Phi) is 6.52. The van der Waals surface area contributed by atoms with Crippen molar-refractivity contribution in [2.24, 2.45) is 0 Å². The molecule has 190 valence electrons. The van der Waals surface area contributed by atoms with Gasteiger partial charge in [0, 0.05) is 30.0 Å². The third kappa shape index (κ3) is 5.04. The fraction of sp³-hybridized carbons (Fsp3) is 0.346. The summed E-state index contributed by atoms with van der Waals surface area (Å²) in [5.41, 5.74) is 2.34. The van der Waals surface area contributed by atoms with Gasteiger partial charge in [0.2, 0.25) is 11.1 Å². The number of para-hydroxylation sites is 2. The average molecular weight is 519 g/mol. The second-order valence-electron chi connectivity index (χ2n) is 9.14. The monoisotopic (exact) mass is 518 g/mol. The van der Waals surface area contributed by atoms with E-state index in [1.807, 2.05) is 59.5 Å². The molecule has 1 unspecified atom stereocenters. The van der Waals surface area contributed by atoms with Crippen LogP contribution in [0.2, 0.25) is 0 Å². The van der Waals surface area contributed by atoms with Crippen molar-refractivity contribution in [3.05, 3.63) is 54.6 Å². The standard InChI is InChI=1S/C26H26N6O4S/c33-22(16-37-25-28-24-23(29-30-25)20-8-4-5-9-21(20)27-24)31-12-10-17(11-13-31)32-14-19(36-26(32)34)15-35-18-6-2-1-3-7-18/h1-9,17,19H,10-16H2,(H,27,28,30). The molecule has 37 heavy (non-hydrogen) atoms. The predicted molar refractivity (Wildman–Crippen MR) is 138 cm³/mol. The zero-order chi connectivity index (χ0) is 25.2. The van der Waals surface area contributed by atoms with Crippen LogP contribution in [0.4, 0.5) is 4.79 Å². The van der Waals surface area contributed by atoms with E-state index in [0.29, 0.717) is 37.0 Å². The van der Waals surface area contributed by atoms with E-state index in [0.717, 1.165) is 35.0 Å². The van der Waals surface area contributed by atoms with Gasteiger partial charge >= 0.3 is 6.09 Å². The van der Waals surface area contributed by atoms with E-state index >= 15 is 0 Å². The Morgan fingerprint density at radius 3 is 2.70 bits per heavy atom. The summed E-state index contributed by atoms with van der Waals surface area (Å²) in [6.45, 7) is 2.01. The molecule has 10 nitrogen and oxygen atoms in total. The van der Waals surface area contributed by atoms with Crippen LogP contribution >= 0.6 is 11.8 Å². The van der Waals surface area contributed by atoms with Crippen LogP contribution < -0.4 is 4.74 Å². The molecular weight excluding hydrogens is 492 g/mol. The number of cyclic esters (lactones) is 1. The lowest BCUT2D eigenvalue weighted by Crippen LogP contribution is -2.47. The van der Waals surface area contributed by atoms with Gasteiger partial charge in [-0.1, -0.05) is 48.2 Å². The van der Waals surface area contributed by atoms with Gasteiger partial charge in [0.25, 0.3) is 0 Å². The number of nitrogens with one attached hydrogen (secondary N) is 1. The number of aromatic nitrogens is 4. The first-order valence-corrected chi connectivity index (χ1v) is 13.3. The van der Waals surface area contributed by atoms with Crippen LogP contribution in [-0.4, -0.2) is 86.1 Å². The summed E-state index contributed by atoms with van der Waals surface area (Å²) in [4.78, 5) is 36.7. The number of likely N-dealkylation sites (tertiary alicyclic amines) is 1. The highest BCUT2D eigenvalue weighted by Crippen LogP contribution is 2.25. The highest BCUT2D eigenvalue weighted by Gasteiger charge is 2.38. The Hall–Kier alpha value is -3.86. The van der Waals surface area contributed by atoms with Crippen molar-refractivity contribution < 1.29 is 19.1 Å². The normalized spacial score (nSPS) is 18.5. The minimum absolute atomic E-state index is 0.0296. The van der Waals surface area contributed by atoms with Crippen LogP contribution in [-0.2, 0) is 9.53 Å². The number of amides is 2. The highest BCUT2D eigenvalue weighted by atomic mass is 32.2. The molecule has 4 heterocycles. The number of ether oxygens (including phenoxy) is 2. The summed E-state index contributed by atoms with van der Waals surface area (Å²) in [7, 11) is 0. The summed E-state index contributed by atoms with van der Waals surface area (Å²) in [6.07, 6.45) is 0.833. The minimum Gasteiger partial charge on any atom is -0.490 e. The van der Waals surface area contributed by atoms with Gasteiger partial charge in [-0.3, -0.25) is 4.79 Å². The molecule has 1 N–H and O–H groups in total. The summed E-state index contributed by atoms with van der Waals surface area (Å²) in [5, 5.41) is 9.95. The third-order valence-electron chi connectivity index (χ3n) is 6.77. The Balaban J connectivity index is 0.981. The van der Waals surface area contributed by atoms with Crippen molar-refractivity contribution >= 4 is 45.8 Å². The predicted octanol–water partition coefficient (Wildman–Crippen LogP) is 3.49. The lowest BCUT2D eigenvalue weighted by atomic mass is 10.0. The molecule has 0 spiro atoms. The molecule has 1 atom stereocenters. The van der Waals surface area contributed by atoms with Crippen LogP contribution in [0.1, 0.15) is 12.8 Å². The molecular formula is C26H26N6O4S. The molecule has 0 saturated carbocycles. The maximum absolute atomic E-state index is 12.8. The number of thioether (sulfide) groups is 1. The summed E-state index contributed by atoms with van der Waals surface area (Å²) < 4.78 is 11.3. The zero-order valence-corrected chi connectivity index (χ0v) is 20.9. The minimum atomic E-state index is -0.306. The molecule has 2 amide bonds. The molecule has 6 rings (SSSR count). The lowest BCUT2D eigenvalue weighted by Gasteiger charge is -2.35. The van der Waals surface area contributed by atoms with Crippen molar-refractivity contribution in [1.29, 1.82) is 0 Å². The first kappa shape index (κ1) is 23.5. The molecule has 2 aromatic carbocycles. The van der Waals surface area contributed by atoms with E-state index in [2.05, 4.69) is 20.2 Å². The number of nitrogens with zero attached hydrogens (tertiary/aromatic N) is 5. The number of H-pyrrole nitrogens is 1. The second-order valence-corrected chi connectivity index (χ2v) is 10.1. The van der Waals surface area contributed by atoms with Crippen LogP contribution in [0, 0.1) is 0 Å². The van der Waals surface area contributed by atoms with Gasteiger partial charge in [0.15, 0.2) is 11.8 Å². The van der Waals surface area contributed by atoms with E-state index in [4.69, 9.17) is 9.47 Å². The fourth-order valence-electron chi connectivity index (χ4n) is 4.84. The van der Waals surface area contributed by atoms with Crippen molar-refractivity contribution in [3.63, 3.8) is 0 Å². The summed E-state index contributed by atoms with van der Waals surface area (Å²) in [6, 6.07) is 17.4. The number of carbonyl (C=O) groups excluding carboxylic acids is 2. The quantitative estimate of drug-likeness (QED) is 0.370. The van der Waals surface area contributed by atoms with Crippen LogP contribution in [0.5, 0.6) is 5.75 Å². The Morgan fingerprint density at radius 1 is 1.08 bits per heavy atom. The van der Waals surface area contributed by atoms with E-state index < -0.39 is 0 Å². The highest BCUT2D eigenvalue weighted by molar-refractivity contribution is 7.99. The van der Waals surface area contributed by atoms with Gasteiger partial charge in [-0.2, -0.15) is 0 Å². The van der Waals surface area contributed by atoms with Gasteiger partial charge in [-0.25, -0.2) is 9.78 Å². The largest absolute Gasteiger partial charge is 0.490 e. The molecule has 2 aromatic heterocycles. The van der Waals surface area contributed by atoms with Crippen LogP contribution in [0.3, 0.4) is 0 Å². The topological polar surface area (TPSA) is 114 Å². The molecule has 2 aliphatic heterocycles. The number of carbonyl (C=O) groups is 2. The van der Waals surface area contributed by atoms with E-state index in [1.165, 1.54) is 11.8 Å². The van der Waals surface area contributed by atoms with Crippen LogP contribution in [0.15, 0.2) is 59.8 Å². The van der Waals surface area contributed by atoms with Gasteiger partial charge in [0.05, 0.1) is 12.3 Å². The zero-order valence-electron chi connectivity index (χ0n) is 20.1. The molecule has 11 heteroatoms. The lowest BCUT2D eigenvalue weighted by molar-refractivity contribution is -0.129. The van der Waals surface area contributed by atoms with Gasteiger partial charge in [-0.15, -0.1) is 10.2 Å². The maximum Gasteiger partial charge on any atom is 0.410 e. The molecule has 2 saturated heterocycles. The van der Waals surface area contributed by atoms with E-state index in [-0.39, 0.29) is 29.9 Å². The number of rotatable bonds is 7. The second kappa shape index (κ2) is 10.3. The summed E-state index contributed by atoms with van der Waals surface area (Å²) in [5.74, 6) is 1.02. The number of benzene rings is 2. The maximum atomic E-state index is 12.8. The number of fused-ring (bicyclic) bond motifs is 3. The number of aromatic amines is 1. The van der Waals surface area contributed by atoms with Crippen molar-refractivity contribution in [1.82, 2.24) is 30.0 Å². The summed E-state index contributed by atoms with van der Waals surface area (Å²) >= 11 is 1.28. The SMILES string of the molecule is O=C(CSc1nnc2c(n1)[nH]c1ccccc12)N1CCC(N2CC(COc3ccccc3)OC2=O)CC1. The number of hydrogen-bond donors (Lipinski definition) is 1. The van der Waals surface area contributed by atoms with Crippen molar-refractivity contribution in [2.45, 2.75) is 30.1 Å². The average Bonchev–Trinajstić information content (AvgIpc) is 3.50. The number of hydrogen-bond acceptors (Lipinski definition) is 8. The van der Waals surface area contributed by atoms with Gasteiger partial charge in [0.1, 0.15) is 17.9 Å². The molecule has 2 aliphatic rings. The Bertz CT molecular complexity index is 1420. The van der Waals surface area contributed by atoms with Gasteiger partial charge < -0.3 is 24.3 Å². The van der Waals surface area contributed by atoms with Crippen molar-refractivity contribution in [3.8, 4) is 5.75 Å². The number of piperidine rings is 1. The molecule has 2 fully saturated rings. The first-order valence-electron chi connectivity index (χ1n) is 12.3. The molecule has 0 aliphatic carbocycles. The first-order chi connectivity index (χ1) is 18.1. The Labute approximate surface area is 217 Å². The van der Waals surface area contributed by atoms with E-state index in [1.54, 1.807) is 4.90 Å². The van der Waals surface area contributed by atoms with Crippen molar-refractivity contribution in [2.75, 3.05) is 32.0 Å². The third-order valence-corrected chi connectivity index (χ3v) is 7.59. The molecule has 0 bridgehead atoms.